The Hall–Kier alpha value is -1.93. The summed E-state index contributed by atoms with van der Waals surface area (Å²) in [6.07, 6.45) is 1.47. The second kappa shape index (κ2) is 5.15. The number of carboxylic acid groups (broad SMARTS) is 1. The van der Waals surface area contributed by atoms with Crippen LogP contribution in [0.1, 0.15) is 22.8 Å². The summed E-state index contributed by atoms with van der Waals surface area (Å²) in [5.41, 5.74) is 2.83. The minimum absolute atomic E-state index is 0.211. The molecule has 0 aliphatic rings. The molecule has 0 aromatic heterocycles. The smallest absolute Gasteiger partial charge is 0.337 e. The van der Waals surface area contributed by atoms with Crippen molar-refractivity contribution in [2.24, 2.45) is 10.2 Å². The number of sulfonamides is 1. The number of hydrazone groups is 1. The number of benzene rings is 1. The highest BCUT2D eigenvalue weighted by molar-refractivity contribution is 7.89. The molecule has 1 aromatic rings. The van der Waals surface area contributed by atoms with Crippen LogP contribution in [0.15, 0.2) is 22.1 Å². The molecule has 98 valence electrons. The van der Waals surface area contributed by atoms with Crippen LogP contribution in [0.4, 0.5) is 5.69 Å². The van der Waals surface area contributed by atoms with Crippen molar-refractivity contribution < 1.29 is 18.3 Å². The normalized spacial score (nSPS) is 11.7. The van der Waals surface area contributed by atoms with E-state index in [1.807, 2.05) is 0 Å². The zero-order chi connectivity index (χ0) is 13.9. The largest absolute Gasteiger partial charge is 0.478 e. The van der Waals surface area contributed by atoms with Gasteiger partial charge in [0.05, 0.1) is 11.3 Å². The predicted octanol–water partition coefficient (Wildman–Crippen LogP) is 0.758. The van der Waals surface area contributed by atoms with Gasteiger partial charge in [-0.05, 0) is 31.5 Å². The van der Waals surface area contributed by atoms with Crippen molar-refractivity contribution in [1.29, 1.82) is 0 Å². The van der Waals surface area contributed by atoms with E-state index < -0.39 is 20.9 Å². The number of nitrogens with zero attached hydrogens (tertiary/aromatic N) is 1. The molecule has 0 amide bonds. The number of nitrogens with two attached hydrogens (primary N) is 1. The van der Waals surface area contributed by atoms with E-state index in [4.69, 9.17) is 10.2 Å². The lowest BCUT2D eigenvalue weighted by atomic mass is 10.1. The molecule has 8 heteroatoms. The average Bonchev–Trinajstić information content (AvgIpc) is 2.25. The molecule has 7 nitrogen and oxygen atoms in total. The number of carboxylic acids is 1. The van der Waals surface area contributed by atoms with Crippen LogP contribution in [0.5, 0.6) is 0 Å². The SMILES string of the molecule is CC=NNc1ccc(C(=O)O)c(S(N)(=O)=O)c1C. The third-order valence-corrected chi connectivity index (χ3v) is 3.33. The van der Waals surface area contributed by atoms with Crippen LogP contribution in [-0.4, -0.2) is 25.7 Å². The van der Waals surface area contributed by atoms with Crippen molar-refractivity contribution >= 4 is 27.9 Å². The maximum atomic E-state index is 11.5. The van der Waals surface area contributed by atoms with Gasteiger partial charge in [-0.25, -0.2) is 18.4 Å². The molecular weight excluding hydrogens is 258 g/mol. The summed E-state index contributed by atoms with van der Waals surface area (Å²) < 4.78 is 22.9. The van der Waals surface area contributed by atoms with Gasteiger partial charge in [0.15, 0.2) is 0 Å². The Bertz CT molecular complexity index is 608. The number of hydrogen-bond donors (Lipinski definition) is 3. The molecule has 0 aliphatic carbocycles. The molecule has 0 bridgehead atoms. The van der Waals surface area contributed by atoms with E-state index in [-0.39, 0.29) is 11.1 Å². The topological polar surface area (TPSA) is 122 Å². The zero-order valence-corrected chi connectivity index (χ0v) is 10.7. The summed E-state index contributed by atoms with van der Waals surface area (Å²) in [5.74, 6) is -1.35. The highest BCUT2D eigenvalue weighted by Crippen LogP contribution is 2.26. The fourth-order valence-corrected chi connectivity index (χ4v) is 2.48. The van der Waals surface area contributed by atoms with Crippen LogP contribution in [0.3, 0.4) is 0 Å². The molecule has 0 fully saturated rings. The van der Waals surface area contributed by atoms with Crippen LogP contribution in [0.25, 0.3) is 0 Å². The lowest BCUT2D eigenvalue weighted by Crippen LogP contribution is -2.19. The zero-order valence-electron chi connectivity index (χ0n) is 9.84. The summed E-state index contributed by atoms with van der Waals surface area (Å²) in [5, 5.41) is 17.7. The molecule has 0 radical (unpaired) electrons. The molecule has 1 rings (SSSR count). The van der Waals surface area contributed by atoms with Gasteiger partial charge in [0.1, 0.15) is 4.90 Å². The van der Waals surface area contributed by atoms with E-state index in [2.05, 4.69) is 10.5 Å². The minimum Gasteiger partial charge on any atom is -0.478 e. The number of hydrogen-bond acceptors (Lipinski definition) is 5. The molecule has 1 aromatic carbocycles. The Morgan fingerprint density at radius 3 is 2.56 bits per heavy atom. The molecule has 0 unspecified atom stereocenters. The van der Waals surface area contributed by atoms with E-state index >= 15 is 0 Å². The van der Waals surface area contributed by atoms with Crippen LogP contribution in [-0.2, 0) is 10.0 Å². The monoisotopic (exact) mass is 271 g/mol. The first-order chi connectivity index (χ1) is 8.29. The molecule has 0 aliphatic heterocycles. The van der Waals surface area contributed by atoms with Crippen LogP contribution in [0.2, 0.25) is 0 Å². The lowest BCUT2D eigenvalue weighted by Gasteiger charge is -2.11. The molecule has 4 N–H and O–H groups in total. The average molecular weight is 271 g/mol. The Kier molecular flexibility index (Phi) is 4.04. The quantitative estimate of drug-likeness (QED) is 0.551. The van der Waals surface area contributed by atoms with Crippen LogP contribution < -0.4 is 10.6 Å². The van der Waals surface area contributed by atoms with Gasteiger partial charge < -0.3 is 5.11 Å². The summed E-state index contributed by atoms with van der Waals surface area (Å²) >= 11 is 0. The summed E-state index contributed by atoms with van der Waals surface area (Å²) in [4.78, 5) is 10.6. The van der Waals surface area contributed by atoms with Gasteiger partial charge in [-0.15, -0.1) is 0 Å². The van der Waals surface area contributed by atoms with Crippen molar-refractivity contribution in [1.82, 2.24) is 0 Å². The van der Waals surface area contributed by atoms with E-state index in [9.17, 15) is 13.2 Å². The van der Waals surface area contributed by atoms with E-state index in [0.29, 0.717) is 5.69 Å². The molecule has 18 heavy (non-hydrogen) atoms. The summed E-state index contributed by atoms with van der Waals surface area (Å²) in [6.45, 7) is 3.13. The van der Waals surface area contributed by atoms with Crippen molar-refractivity contribution in [3.8, 4) is 0 Å². The van der Waals surface area contributed by atoms with E-state index in [1.54, 1.807) is 6.92 Å². The van der Waals surface area contributed by atoms with Gasteiger partial charge in [0.25, 0.3) is 0 Å². The first-order valence-electron chi connectivity index (χ1n) is 4.92. The van der Waals surface area contributed by atoms with E-state index in [1.165, 1.54) is 25.3 Å². The number of nitrogens with one attached hydrogen (secondary N) is 1. The van der Waals surface area contributed by atoms with E-state index in [0.717, 1.165) is 0 Å². The maximum Gasteiger partial charge on any atom is 0.337 e. The second-order valence-electron chi connectivity index (χ2n) is 3.46. The molecular formula is C10H13N3O4S. The van der Waals surface area contributed by atoms with Gasteiger partial charge >= 0.3 is 5.97 Å². The number of rotatable bonds is 4. The Morgan fingerprint density at radius 2 is 2.11 bits per heavy atom. The fraction of sp³-hybridized carbons (Fsp3) is 0.200. The van der Waals surface area contributed by atoms with Gasteiger partial charge in [-0.3, -0.25) is 5.43 Å². The van der Waals surface area contributed by atoms with Crippen molar-refractivity contribution in [2.75, 3.05) is 5.43 Å². The van der Waals surface area contributed by atoms with Gasteiger partial charge in [0, 0.05) is 6.21 Å². The van der Waals surface area contributed by atoms with Gasteiger partial charge in [-0.1, -0.05) is 0 Å². The number of carbonyl (C=O) groups is 1. The lowest BCUT2D eigenvalue weighted by molar-refractivity contribution is 0.0692. The molecule has 0 saturated heterocycles. The molecule has 0 heterocycles. The van der Waals surface area contributed by atoms with Crippen molar-refractivity contribution in [3.63, 3.8) is 0 Å². The summed E-state index contributed by atoms with van der Waals surface area (Å²) in [6, 6.07) is 2.60. The van der Waals surface area contributed by atoms with Gasteiger partial charge in [-0.2, -0.15) is 5.10 Å². The Balaban J connectivity index is 3.55. The van der Waals surface area contributed by atoms with Crippen LogP contribution >= 0.6 is 0 Å². The third-order valence-electron chi connectivity index (χ3n) is 2.23. The predicted molar refractivity (Wildman–Crippen MR) is 67.3 cm³/mol. The molecule has 0 saturated carbocycles. The van der Waals surface area contributed by atoms with Crippen LogP contribution in [0, 0.1) is 6.92 Å². The van der Waals surface area contributed by atoms with Gasteiger partial charge in [0.2, 0.25) is 10.0 Å². The highest BCUT2D eigenvalue weighted by Gasteiger charge is 2.23. The third kappa shape index (κ3) is 2.84. The first-order valence-corrected chi connectivity index (χ1v) is 6.47. The Labute approximate surface area is 104 Å². The number of aromatic carboxylic acids is 1. The van der Waals surface area contributed by atoms with Crippen molar-refractivity contribution in [3.05, 3.63) is 23.3 Å². The Morgan fingerprint density at radius 1 is 1.50 bits per heavy atom. The first kappa shape index (κ1) is 14.1. The van der Waals surface area contributed by atoms with Crippen molar-refractivity contribution in [2.45, 2.75) is 18.7 Å². The number of primary sulfonamides is 1. The maximum absolute atomic E-state index is 11.5. The second-order valence-corrected chi connectivity index (χ2v) is 4.96. The molecule has 0 spiro atoms. The summed E-state index contributed by atoms with van der Waals surface area (Å²) in [7, 11) is -4.13. The standard InChI is InChI=1S/C10H13N3O4S/c1-3-12-13-8-5-4-7(10(14)15)9(6(8)2)18(11,16)17/h3-5,13H,1-2H3,(H,14,15)(H2,11,16,17). The minimum atomic E-state index is -4.13. The fourth-order valence-electron chi connectivity index (χ4n) is 1.48. The highest BCUT2D eigenvalue weighted by atomic mass is 32.2. The molecule has 0 atom stereocenters. The number of anilines is 1.